The number of ether oxygens (including phenoxy) is 1. The first kappa shape index (κ1) is 21.9. The molecule has 3 aromatic rings. The van der Waals surface area contributed by atoms with Gasteiger partial charge in [0.25, 0.3) is 0 Å². The summed E-state index contributed by atoms with van der Waals surface area (Å²) < 4.78 is 37.3. The number of benzene rings is 1. The zero-order valence-electron chi connectivity index (χ0n) is 17.4. The number of rotatable bonds is 7. The molecule has 164 valence electrons. The Morgan fingerprint density at radius 3 is 2.48 bits per heavy atom. The Labute approximate surface area is 186 Å². The van der Waals surface area contributed by atoms with Gasteiger partial charge in [0, 0.05) is 24.8 Å². The van der Waals surface area contributed by atoms with Crippen molar-refractivity contribution < 1.29 is 17.7 Å². The number of thioether (sulfide) groups is 1. The Morgan fingerprint density at radius 2 is 1.84 bits per heavy atom. The van der Waals surface area contributed by atoms with Crippen LogP contribution in [0.2, 0.25) is 0 Å². The van der Waals surface area contributed by atoms with E-state index >= 15 is 0 Å². The van der Waals surface area contributed by atoms with Gasteiger partial charge >= 0.3 is 0 Å². The van der Waals surface area contributed by atoms with Crippen LogP contribution in [0.15, 0.2) is 57.0 Å². The van der Waals surface area contributed by atoms with Gasteiger partial charge in [-0.05, 0) is 23.6 Å². The van der Waals surface area contributed by atoms with Gasteiger partial charge in [-0.15, -0.1) is 0 Å². The first-order chi connectivity index (χ1) is 14.9. The molecule has 0 unspecified atom stereocenters. The molecule has 10 heteroatoms. The maximum absolute atomic E-state index is 12.7. The fraction of sp³-hybridized carbons (Fsp3) is 0.381. The van der Waals surface area contributed by atoms with Crippen LogP contribution in [0.25, 0.3) is 11.4 Å². The fourth-order valence-corrected chi connectivity index (χ4v) is 5.16. The normalized spacial score (nSPS) is 15.5. The molecule has 8 nitrogen and oxygen atoms in total. The summed E-state index contributed by atoms with van der Waals surface area (Å²) in [7, 11) is -3.54. The molecule has 1 fully saturated rings. The minimum Gasteiger partial charge on any atom is -0.379 e. The van der Waals surface area contributed by atoms with Gasteiger partial charge in [-0.1, -0.05) is 55.0 Å². The summed E-state index contributed by atoms with van der Waals surface area (Å²) in [6.07, 6.45) is 1.39. The van der Waals surface area contributed by atoms with E-state index < -0.39 is 10.0 Å². The molecule has 2 aromatic heterocycles. The van der Waals surface area contributed by atoms with Gasteiger partial charge in [0.05, 0.1) is 24.0 Å². The highest BCUT2D eigenvalue weighted by Gasteiger charge is 2.26. The van der Waals surface area contributed by atoms with E-state index in [1.165, 1.54) is 27.8 Å². The maximum Gasteiger partial charge on any atom is 0.244 e. The van der Waals surface area contributed by atoms with E-state index in [2.05, 4.69) is 41.1 Å². The quantitative estimate of drug-likeness (QED) is 0.494. The smallest absolute Gasteiger partial charge is 0.244 e. The molecular formula is C21H24N4O4S2. The Bertz CT molecular complexity index is 1110. The van der Waals surface area contributed by atoms with Gasteiger partial charge in [-0.2, -0.15) is 9.29 Å². The molecule has 0 bridgehead atoms. The lowest BCUT2D eigenvalue weighted by atomic mass is 10.0. The average molecular weight is 461 g/mol. The third-order valence-electron chi connectivity index (χ3n) is 4.96. The average Bonchev–Trinajstić information content (AvgIpc) is 3.28. The lowest BCUT2D eigenvalue weighted by molar-refractivity contribution is 0.0730. The summed E-state index contributed by atoms with van der Waals surface area (Å²) in [5, 5.41) is 4.74. The van der Waals surface area contributed by atoms with Crippen LogP contribution in [0.3, 0.4) is 0 Å². The van der Waals surface area contributed by atoms with Gasteiger partial charge in [-0.25, -0.2) is 13.4 Å². The number of hydrogen-bond acceptors (Lipinski definition) is 8. The predicted molar refractivity (Wildman–Crippen MR) is 117 cm³/mol. The van der Waals surface area contributed by atoms with Crippen LogP contribution in [0.5, 0.6) is 0 Å². The first-order valence-corrected chi connectivity index (χ1v) is 12.5. The SMILES string of the molecule is CC(C)c1ccc(-c2noc(CSc3ccc(S(=O)(=O)N4CCOCC4)cn3)n2)cc1. The van der Waals surface area contributed by atoms with Gasteiger partial charge in [0.15, 0.2) is 0 Å². The summed E-state index contributed by atoms with van der Waals surface area (Å²) in [5.41, 5.74) is 2.16. The van der Waals surface area contributed by atoms with E-state index in [0.717, 1.165) is 5.56 Å². The molecule has 1 aliphatic heterocycles. The Hall–Kier alpha value is -2.27. The molecule has 0 radical (unpaired) electrons. The Kier molecular flexibility index (Phi) is 6.71. The van der Waals surface area contributed by atoms with Crippen LogP contribution in [-0.2, 0) is 20.5 Å². The van der Waals surface area contributed by atoms with E-state index in [-0.39, 0.29) is 4.90 Å². The third kappa shape index (κ3) is 5.15. The topological polar surface area (TPSA) is 98.4 Å². The minimum absolute atomic E-state index is 0.184. The van der Waals surface area contributed by atoms with Crippen molar-refractivity contribution in [3.05, 3.63) is 54.0 Å². The molecule has 0 atom stereocenters. The van der Waals surface area contributed by atoms with Gasteiger partial charge in [0.2, 0.25) is 21.7 Å². The second kappa shape index (κ2) is 9.47. The summed E-state index contributed by atoms with van der Waals surface area (Å²) in [6, 6.07) is 11.4. The number of nitrogens with zero attached hydrogens (tertiary/aromatic N) is 4. The van der Waals surface area contributed by atoms with Crippen LogP contribution in [0.4, 0.5) is 0 Å². The number of pyridine rings is 1. The molecule has 0 N–H and O–H groups in total. The second-order valence-electron chi connectivity index (χ2n) is 7.43. The molecule has 0 spiro atoms. The van der Waals surface area contributed by atoms with Crippen LogP contribution >= 0.6 is 11.8 Å². The highest BCUT2D eigenvalue weighted by Crippen LogP contribution is 2.25. The molecule has 4 rings (SSSR count). The van der Waals surface area contributed by atoms with Crippen LogP contribution in [0, 0.1) is 0 Å². The zero-order chi connectivity index (χ0) is 21.8. The van der Waals surface area contributed by atoms with Crippen LogP contribution < -0.4 is 0 Å². The van der Waals surface area contributed by atoms with Crippen molar-refractivity contribution in [2.24, 2.45) is 0 Å². The van der Waals surface area contributed by atoms with Crippen molar-refractivity contribution in [2.75, 3.05) is 26.3 Å². The highest BCUT2D eigenvalue weighted by molar-refractivity contribution is 7.98. The number of hydrogen-bond donors (Lipinski definition) is 0. The molecule has 1 saturated heterocycles. The van der Waals surface area contributed by atoms with Crippen molar-refractivity contribution in [3.8, 4) is 11.4 Å². The van der Waals surface area contributed by atoms with E-state index in [9.17, 15) is 8.42 Å². The summed E-state index contributed by atoms with van der Waals surface area (Å²) in [4.78, 5) is 8.91. The first-order valence-electron chi connectivity index (χ1n) is 10.0. The number of aromatic nitrogens is 3. The van der Waals surface area contributed by atoms with Crippen LogP contribution in [0.1, 0.15) is 31.2 Å². The number of sulfonamides is 1. The minimum atomic E-state index is -3.54. The van der Waals surface area contributed by atoms with Gasteiger partial charge < -0.3 is 9.26 Å². The van der Waals surface area contributed by atoms with E-state index in [0.29, 0.717) is 54.7 Å². The lowest BCUT2D eigenvalue weighted by Crippen LogP contribution is -2.40. The molecule has 1 aromatic carbocycles. The van der Waals surface area contributed by atoms with E-state index in [4.69, 9.17) is 9.26 Å². The third-order valence-corrected chi connectivity index (χ3v) is 7.77. The molecular weight excluding hydrogens is 436 g/mol. The maximum atomic E-state index is 12.7. The zero-order valence-corrected chi connectivity index (χ0v) is 19.0. The summed E-state index contributed by atoms with van der Waals surface area (Å²) in [6.45, 7) is 5.84. The Balaban J connectivity index is 1.37. The number of morpholine rings is 1. The van der Waals surface area contributed by atoms with Gasteiger partial charge in [0.1, 0.15) is 4.90 Å². The van der Waals surface area contributed by atoms with E-state index in [1.807, 2.05) is 12.1 Å². The van der Waals surface area contributed by atoms with Gasteiger partial charge in [-0.3, -0.25) is 0 Å². The van der Waals surface area contributed by atoms with Crippen molar-refractivity contribution in [1.82, 2.24) is 19.4 Å². The van der Waals surface area contributed by atoms with Crippen molar-refractivity contribution in [1.29, 1.82) is 0 Å². The standard InChI is InChI=1S/C21H24N4O4S2/c1-15(2)16-3-5-17(6-4-16)21-23-19(29-24-21)14-30-20-8-7-18(13-22-20)31(26,27)25-9-11-28-12-10-25/h3-8,13,15H,9-12,14H2,1-2H3. The highest BCUT2D eigenvalue weighted by atomic mass is 32.2. The summed E-state index contributed by atoms with van der Waals surface area (Å²) >= 11 is 1.41. The van der Waals surface area contributed by atoms with Crippen molar-refractivity contribution >= 4 is 21.8 Å². The largest absolute Gasteiger partial charge is 0.379 e. The molecule has 31 heavy (non-hydrogen) atoms. The molecule has 0 saturated carbocycles. The van der Waals surface area contributed by atoms with Crippen LogP contribution in [-0.4, -0.2) is 54.2 Å². The predicted octanol–water partition coefficient (Wildman–Crippen LogP) is 3.57. The van der Waals surface area contributed by atoms with E-state index in [1.54, 1.807) is 12.1 Å². The fourth-order valence-electron chi connectivity index (χ4n) is 3.12. The second-order valence-corrected chi connectivity index (χ2v) is 10.4. The molecule has 0 aliphatic carbocycles. The summed E-state index contributed by atoms with van der Waals surface area (Å²) in [5.74, 6) is 1.94. The van der Waals surface area contributed by atoms with Crippen molar-refractivity contribution in [3.63, 3.8) is 0 Å². The van der Waals surface area contributed by atoms with Crippen molar-refractivity contribution in [2.45, 2.75) is 35.4 Å². The Morgan fingerprint density at radius 1 is 1.10 bits per heavy atom. The monoisotopic (exact) mass is 460 g/mol. The lowest BCUT2D eigenvalue weighted by Gasteiger charge is -2.25. The molecule has 3 heterocycles. The molecule has 0 amide bonds. The molecule has 1 aliphatic rings.